The highest BCUT2D eigenvalue weighted by atomic mass is 16.5. The summed E-state index contributed by atoms with van der Waals surface area (Å²) in [5, 5.41) is 0. The molecule has 3 nitrogen and oxygen atoms in total. The topological polar surface area (TPSA) is 43.4 Å². The Hall–Kier alpha value is -2.94. The second-order valence-electron chi connectivity index (χ2n) is 10.2. The van der Waals surface area contributed by atoms with Crippen molar-refractivity contribution in [2.24, 2.45) is 0 Å². The average Bonchev–Trinajstić information content (AvgIpc) is 3.16. The highest BCUT2D eigenvalue weighted by molar-refractivity contribution is 6.39. The fourth-order valence-electron chi connectivity index (χ4n) is 4.84. The van der Waals surface area contributed by atoms with Crippen LogP contribution in [-0.4, -0.2) is 18.2 Å². The van der Waals surface area contributed by atoms with E-state index in [1.165, 1.54) is 83.5 Å². The van der Waals surface area contributed by atoms with Crippen LogP contribution >= 0.6 is 0 Å². The molecule has 0 spiro atoms. The van der Waals surface area contributed by atoms with Gasteiger partial charge >= 0.3 is 0 Å². The SMILES string of the molecule is CCCCCCCCCCCCCCCCOc1ccc(/C=C/C=C2C(=O)c3ccccc3C2=O)cc1. The number of rotatable bonds is 18. The van der Waals surface area contributed by atoms with Crippen molar-refractivity contribution in [2.75, 3.05) is 6.61 Å². The van der Waals surface area contributed by atoms with Gasteiger partial charge in [0.2, 0.25) is 0 Å². The predicted molar refractivity (Wildman–Crippen MR) is 154 cm³/mol. The Bertz CT molecular complexity index is 992. The first-order chi connectivity index (χ1) is 18.2. The maximum absolute atomic E-state index is 12.4. The number of unbranched alkanes of at least 4 members (excludes halogenated alkanes) is 13. The molecular weight excluding hydrogens is 456 g/mol. The summed E-state index contributed by atoms with van der Waals surface area (Å²) in [4.78, 5) is 24.9. The van der Waals surface area contributed by atoms with Crippen molar-refractivity contribution in [3.63, 3.8) is 0 Å². The van der Waals surface area contributed by atoms with E-state index >= 15 is 0 Å². The number of hydrogen-bond acceptors (Lipinski definition) is 3. The van der Waals surface area contributed by atoms with Crippen LogP contribution in [0.15, 0.2) is 66.3 Å². The monoisotopic (exact) mass is 500 g/mol. The van der Waals surface area contributed by atoms with E-state index in [9.17, 15) is 9.59 Å². The molecule has 0 N–H and O–H groups in total. The third-order valence-corrected chi connectivity index (χ3v) is 7.10. The lowest BCUT2D eigenvalue weighted by atomic mass is 10.0. The molecule has 0 aliphatic heterocycles. The molecule has 0 unspecified atom stereocenters. The van der Waals surface area contributed by atoms with Crippen LogP contribution in [0.25, 0.3) is 6.08 Å². The van der Waals surface area contributed by atoms with E-state index in [0.29, 0.717) is 11.1 Å². The van der Waals surface area contributed by atoms with Gasteiger partial charge in [0.1, 0.15) is 5.75 Å². The second kappa shape index (κ2) is 16.7. The first-order valence-electron chi connectivity index (χ1n) is 14.5. The van der Waals surface area contributed by atoms with Gasteiger partial charge in [-0.25, -0.2) is 0 Å². The molecular formula is C34H44O3. The van der Waals surface area contributed by atoms with Crippen LogP contribution in [0, 0.1) is 0 Å². The Balaban J connectivity index is 1.23. The van der Waals surface area contributed by atoms with Gasteiger partial charge in [-0.15, -0.1) is 0 Å². The number of benzene rings is 2. The Kier molecular flexibility index (Phi) is 12.9. The lowest BCUT2D eigenvalue weighted by molar-refractivity contribution is 0.0989. The number of ketones is 2. The minimum atomic E-state index is -0.197. The van der Waals surface area contributed by atoms with Crippen LogP contribution in [0.2, 0.25) is 0 Å². The van der Waals surface area contributed by atoms with Crippen molar-refractivity contribution in [3.05, 3.63) is 82.9 Å². The van der Waals surface area contributed by atoms with Gasteiger partial charge < -0.3 is 4.74 Å². The van der Waals surface area contributed by atoms with Crippen LogP contribution < -0.4 is 4.74 Å². The second-order valence-corrected chi connectivity index (χ2v) is 10.2. The quantitative estimate of drug-likeness (QED) is 0.116. The van der Waals surface area contributed by atoms with Crippen molar-refractivity contribution >= 4 is 17.6 Å². The summed E-state index contributed by atoms with van der Waals surface area (Å²) < 4.78 is 5.89. The maximum Gasteiger partial charge on any atom is 0.197 e. The van der Waals surface area contributed by atoms with E-state index in [2.05, 4.69) is 6.92 Å². The Labute approximate surface area is 224 Å². The maximum atomic E-state index is 12.4. The summed E-state index contributed by atoms with van der Waals surface area (Å²) in [5.74, 6) is 0.483. The summed E-state index contributed by atoms with van der Waals surface area (Å²) >= 11 is 0. The fourth-order valence-corrected chi connectivity index (χ4v) is 4.84. The molecule has 0 atom stereocenters. The molecule has 198 valence electrons. The van der Waals surface area contributed by atoms with E-state index in [1.807, 2.05) is 30.3 Å². The Morgan fingerprint density at radius 2 is 1.11 bits per heavy atom. The molecule has 0 aromatic heterocycles. The normalized spacial score (nSPS) is 12.9. The summed E-state index contributed by atoms with van der Waals surface area (Å²) in [6, 6.07) is 14.9. The third-order valence-electron chi connectivity index (χ3n) is 7.10. The minimum absolute atomic E-state index is 0.197. The standard InChI is InChI=1S/C34H44O3/c1-2-3-4-5-6-7-8-9-10-11-12-13-14-17-27-37-29-25-23-28(24-26-29)19-18-22-32-33(35)30-20-15-16-21-31(30)34(32)36/h15-16,18-26H,2-14,17,27H2,1H3/b19-18+. The zero-order chi connectivity index (χ0) is 26.1. The summed E-state index contributed by atoms with van der Waals surface area (Å²) in [7, 11) is 0. The van der Waals surface area contributed by atoms with E-state index in [1.54, 1.807) is 36.4 Å². The first-order valence-corrected chi connectivity index (χ1v) is 14.5. The molecule has 1 aliphatic rings. The highest BCUT2D eigenvalue weighted by Crippen LogP contribution is 2.26. The van der Waals surface area contributed by atoms with Crippen molar-refractivity contribution in [2.45, 2.75) is 96.8 Å². The molecule has 0 fully saturated rings. The number of Topliss-reactive ketones (excluding diaryl/α,β-unsaturated/α-hetero) is 2. The van der Waals surface area contributed by atoms with Gasteiger partial charge in [-0.1, -0.05) is 139 Å². The van der Waals surface area contributed by atoms with Crippen LogP contribution in [-0.2, 0) is 0 Å². The molecule has 0 amide bonds. The highest BCUT2D eigenvalue weighted by Gasteiger charge is 2.31. The van der Waals surface area contributed by atoms with Gasteiger partial charge in [-0.2, -0.15) is 0 Å². The molecule has 0 saturated heterocycles. The van der Waals surface area contributed by atoms with E-state index in [4.69, 9.17) is 4.74 Å². The number of carbonyl (C=O) groups excluding carboxylic acids is 2. The van der Waals surface area contributed by atoms with E-state index in [-0.39, 0.29) is 17.1 Å². The van der Waals surface area contributed by atoms with E-state index in [0.717, 1.165) is 24.3 Å². The predicted octanol–water partition coefficient (Wildman–Crippen LogP) is 9.57. The van der Waals surface area contributed by atoms with Crippen LogP contribution in [0.5, 0.6) is 5.75 Å². The molecule has 2 aromatic rings. The summed E-state index contributed by atoms with van der Waals surface area (Å²) in [6.07, 6.45) is 24.3. The molecule has 1 aliphatic carbocycles. The number of ether oxygens (including phenoxy) is 1. The number of fused-ring (bicyclic) bond motifs is 1. The van der Waals surface area contributed by atoms with Gasteiger partial charge in [0.05, 0.1) is 12.2 Å². The van der Waals surface area contributed by atoms with Gasteiger partial charge in [-0.3, -0.25) is 9.59 Å². The van der Waals surface area contributed by atoms with Gasteiger partial charge in [0.25, 0.3) is 0 Å². The minimum Gasteiger partial charge on any atom is -0.494 e. The smallest absolute Gasteiger partial charge is 0.197 e. The molecule has 0 heterocycles. The third kappa shape index (κ3) is 9.80. The molecule has 0 bridgehead atoms. The zero-order valence-corrected chi connectivity index (χ0v) is 22.7. The van der Waals surface area contributed by atoms with Crippen LogP contribution in [0.1, 0.15) is 123 Å². The Morgan fingerprint density at radius 3 is 1.62 bits per heavy atom. The number of carbonyl (C=O) groups is 2. The fraction of sp³-hybridized carbons (Fsp3) is 0.471. The molecule has 37 heavy (non-hydrogen) atoms. The molecule has 0 saturated carbocycles. The average molecular weight is 501 g/mol. The molecule has 2 aromatic carbocycles. The summed E-state index contributed by atoms with van der Waals surface area (Å²) in [5.41, 5.74) is 2.21. The van der Waals surface area contributed by atoms with Gasteiger partial charge in [0, 0.05) is 11.1 Å². The first kappa shape index (κ1) is 28.6. The van der Waals surface area contributed by atoms with Gasteiger partial charge in [-0.05, 0) is 30.2 Å². The Morgan fingerprint density at radius 1 is 0.622 bits per heavy atom. The lowest BCUT2D eigenvalue weighted by Crippen LogP contribution is -1.99. The lowest BCUT2D eigenvalue weighted by Gasteiger charge is -2.06. The van der Waals surface area contributed by atoms with Crippen molar-refractivity contribution in [3.8, 4) is 5.75 Å². The van der Waals surface area contributed by atoms with Crippen LogP contribution in [0.4, 0.5) is 0 Å². The van der Waals surface area contributed by atoms with Gasteiger partial charge in [0.15, 0.2) is 11.6 Å². The number of allylic oxidation sites excluding steroid dienone is 3. The molecule has 3 heteroatoms. The number of hydrogen-bond donors (Lipinski definition) is 0. The van der Waals surface area contributed by atoms with Crippen molar-refractivity contribution < 1.29 is 14.3 Å². The summed E-state index contributed by atoms with van der Waals surface area (Å²) in [6.45, 7) is 3.03. The zero-order valence-electron chi connectivity index (χ0n) is 22.7. The van der Waals surface area contributed by atoms with Crippen LogP contribution in [0.3, 0.4) is 0 Å². The van der Waals surface area contributed by atoms with E-state index < -0.39 is 0 Å². The molecule has 0 radical (unpaired) electrons. The molecule has 3 rings (SSSR count). The van der Waals surface area contributed by atoms with Crippen molar-refractivity contribution in [1.29, 1.82) is 0 Å². The van der Waals surface area contributed by atoms with Crippen molar-refractivity contribution in [1.82, 2.24) is 0 Å². The largest absolute Gasteiger partial charge is 0.494 e.